The normalized spacial score (nSPS) is 43.0. The Labute approximate surface area is 548 Å². The molecule has 5 aromatic carbocycles. The van der Waals surface area contributed by atoms with E-state index >= 15 is 4.79 Å². The fourth-order valence-corrected chi connectivity index (χ4v) is 31.2. The molecule has 3 spiro atoms. The molecule has 15 aliphatic rings. The molecule has 0 radical (unpaired) electrons. The zero-order valence-corrected chi connectivity index (χ0v) is 55.1. The van der Waals surface area contributed by atoms with Gasteiger partial charge in [0.05, 0.1) is 35.4 Å². The van der Waals surface area contributed by atoms with Crippen LogP contribution in [0.4, 0.5) is 0 Å². The Kier molecular flexibility index (Phi) is 14.5. The smallest absolute Gasteiger partial charge is 0.343 e. The van der Waals surface area contributed by atoms with Crippen LogP contribution in [0, 0.1) is 58.2 Å². The number of carbonyl (C=O) groups is 1. The van der Waals surface area contributed by atoms with Crippen molar-refractivity contribution in [3.63, 3.8) is 0 Å². The van der Waals surface area contributed by atoms with E-state index in [2.05, 4.69) is 76.3 Å². The number of carbonyl (C=O) groups excluding carboxylic acids is 1. The number of phenols is 1. The zero-order valence-electron chi connectivity index (χ0n) is 51.9. The van der Waals surface area contributed by atoms with Crippen LogP contribution in [0.5, 0.6) is 11.5 Å². The number of aliphatic hydroxyl groups excluding tert-OH is 3. The number of phenolic OH excluding ortho intramolecular Hbond substituents is 1. The highest BCUT2D eigenvalue weighted by atomic mass is 33.1. The van der Waals surface area contributed by atoms with Crippen LogP contribution in [0.15, 0.2) is 97.1 Å². The number of esters is 1. The fourth-order valence-electron chi connectivity index (χ4n) is 24.2. The molecule has 21 rings (SSSR count). The van der Waals surface area contributed by atoms with Crippen molar-refractivity contribution in [2.75, 3.05) is 31.6 Å². The van der Waals surface area contributed by atoms with Crippen molar-refractivity contribution < 1.29 is 49.6 Å². The van der Waals surface area contributed by atoms with Gasteiger partial charge in [0.15, 0.2) is 17.5 Å². The Morgan fingerprint density at radius 3 is 2.41 bits per heavy atom. The molecule has 9 bridgehead atoms. The quantitative estimate of drug-likeness (QED) is 0.0271. The van der Waals surface area contributed by atoms with E-state index in [0.717, 1.165) is 78.1 Å². The monoisotopic (exact) mass is 1310 g/mol. The topological polar surface area (TPSA) is 206 Å². The third kappa shape index (κ3) is 8.31. The first-order valence-electron chi connectivity index (χ1n) is 34.5. The molecule has 91 heavy (non-hydrogen) atoms. The third-order valence-corrected chi connectivity index (χ3v) is 33.5. The fraction of sp³-hybridized carbons (Fsp3) is 0.608. The Balaban J connectivity index is 0.796. The second-order valence-electron chi connectivity index (χ2n) is 30.7. The van der Waals surface area contributed by atoms with Gasteiger partial charge in [-0.2, -0.15) is 0 Å². The molecule has 7 aliphatic heterocycles. The summed E-state index contributed by atoms with van der Waals surface area (Å²) in [6.07, 6.45) is 10.2. The predicted octanol–water partition coefficient (Wildman–Crippen LogP) is 11.8. The standard InChI is InChI=1S/C74H87N3O10S4/c1-75-56-36-88-91-58-37-89-90-57(34-76-27-26-70(43-12-3-2-4-13-43)24-9-23-69(38-70)21-7-8-22-69)51-33-53-49-32-50(56)64(80)71(25-20-44-29-42-14-17-46-59(58)48-31-45(79)16-18-52(48)72(44,71)61(42)46)66(49)86-67-63(87-74(84,65(51)81)73(53,67)83)68(82)85-62-55(35-78)77-54-19-15-41-28-39-10-5-6-11-40(39)30-47(41)60(54)62/h2-6,10-13,15-16,18-19,28,30-31,42,44,46,49-51,53,56-59,61,63-67,75-81,83-84H,7-9,14,17,20-27,29,32-38H2,1H3/t42-,44-,46+,49+,50+,51-,53+,56+,57+,58+,59+,61+,63+,64+,65-,66+,67-,70+,71-,72+,73+,74-/m0/s1. The molecule has 12 fully saturated rings. The minimum atomic E-state index is -2.70. The lowest BCUT2D eigenvalue weighted by atomic mass is 9.39. The minimum absolute atomic E-state index is 0.0356. The van der Waals surface area contributed by atoms with Crippen LogP contribution >= 0.6 is 43.2 Å². The van der Waals surface area contributed by atoms with Crippen LogP contribution in [-0.2, 0) is 31.7 Å². The van der Waals surface area contributed by atoms with Crippen LogP contribution in [0.1, 0.15) is 131 Å². The van der Waals surface area contributed by atoms with Gasteiger partial charge in [0.1, 0.15) is 18.0 Å². The zero-order chi connectivity index (χ0) is 61.6. The average Bonchev–Trinajstić information content (AvgIpc) is 1.51. The Hall–Kier alpha value is -3.53. The molecular weight excluding hydrogens is 1220 g/mol. The first-order valence-corrected chi connectivity index (χ1v) is 39.3. The van der Waals surface area contributed by atoms with Gasteiger partial charge >= 0.3 is 5.97 Å². The number of ether oxygens (including phenoxy) is 3. The highest BCUT2D eigenvalue weighted by molar-refractivity contribution is 8.78. The number of aliphatic hydroxyl groups is 5. The lowest BCUT2D eigenvalue weighted by molar-refractivity contribution is -0.381. The third-order valence-electron chi connectivity index (χ3n) is 27.4. The summed E-state index contributed by atoms with van der Waals surface area (Å²) in [6.45, 7) is 0.823. The number of benzene rings is 5. The van der Waals surface area contributed by atoms with Crippen molar-refractivity contribution in [3.05, 3.63) is 119 Å². The van der Waals surface area contributed by atoms with E-state index in [1.807, 2.05) is 75.8 Å². The number of hydrogen-bond donors (Lipinski definition) is 9. The lowest BCUT2D eigenvalue weighted by Crippen LogP contribution is -2.80. The minimum Gasteiger partial charge on any atom is -0.508 e. The number of hydrogen-bond acceptors (Lipinski definition) is 16. The summed E-state index contributed by atoms with van der Waals surface area (Å²) in [6, 6.07) is 33.6. The molecule has 13 nitrogen and oxygen atoms in total. The van der Waals surface area contributed by atoms with Crippen molar-refractivity contribution in [2.24, 2.45) is 58.2 Å². The Bertz CT molecular complexity index is 3850. The van der Waals surface area contributed by atoms with Crippen LogP contribution in [-0.4, -0.2) is 132 Å². The molecule has 9 N–H and O–H groups in total. The van der Waals surface area contributed by atoms with Gasteiger partial charge in [-0.1, -0.05) is 129 Å². The Morgan fingerprint density at radius 1 is 0.780 bits per heavy atom. The van der Waals surface area contributed by atoms with Gasteiger partial charge < -0.3 is 60.5 Å². The molecule has 7 saturated carbocycles. The summed E-state index contributed by atoms with van der Waals surface area (Å²) in [5, 5.41) is 91.6. The molecule has 1 aromatic heterocycles. The van der Waals surface area contributed by atoms with E-state index in [1.165, 1.54) is 61.6 Å². The summed E-state index contributed by atoms with van der Waals surface area (Å²) in [5.74, 6) is -2.53. The van der Waals surface area contributed by atoms with Crippen molar-refractivity contribution >= 4 is 81.6 Å². The summed E-state index contributed by atoms with van der Waals surface area (Å²) in [7, 11) is 9.58. The number of aromatic hydroxyl groups is 1. The predicted molar refractivity (Wildman–Crippen MR) is 361 cm³/mol. The van der Waals surface area contributed by atoms with E-state index in [9.17, 15) is 30.6 Å². The van der Waals surface area contributed by atoms with Crippen molar-refractivity contribution in [3.8, 4) is 11.5 Å². The number of fused-ring (bicyclic) bond motifs is 4. The number of aromatic nitrogens is 1. The summed E-state index contributed by atoms with van der Waals surface area (Å²) < 4.78 is 21.7. The molecule has 0 unspecified atom stereocenters. The highest BCUT2D eigenvalue weighted by Crippen LogP contribution is 2.82. The second-order valence-corrected chi connectivity index (χ2v) is 36.0. The van der Waals surface area contributed by atoms with Crippen LogP contribution < -0.4 is 15.4 Å². The molecule has 482 valence electrons. The first-order chi connectivity index (χ1) is 44.3. The van der Waals surface area contributed by atoms with Gasteiger partial charge in [-0.25, -0.2) is 4.79 Å². The highest BCUT2D eigenvalue weighted by Gasteiger charge is 2.85. The van der Waals surface area contributed by atoms with Gasteiger partial charge in [-0.05, 0) is 206 Å². The van der Waals surface area contributed by atoms with Crippen molar-refractivity contribution in [2.45, 2.75) is 185 Å². The molecule has 6 aromatic rings. The summed E-state index contributed by atoms with van der Waals surface area (Å²) in [4.78, 5) is 19.4. The average molecular weight is 1310 g/mol. The molecular formula is C74H87N3O10S4. The second kappa shape index (κ2) is 22.0. The van der Waals surface area contributed by atoms with Gasteiger partial charge in [0.25, 0.3) is 0 Å². The molecule has 8 aliphatic carbocycles. The number of aromatic amines is 1. The van der Waals surface area contributed by atoms with Gasteiger partial charge in [0, 0.05) is 69.1 Å². The molecule has 0 amide bonds. The SMILES string of the molecule is CN[C@@H]1CSS[C@@H]2CSS[C@H](CNCC[C@]3(c4ccccc4)CCCC4(CCCC4)C3)[C@@H]3C[C@@H]4[C@H]5C[C@H]1[C@@H](O)[C@@]1(CC[C@H]6C[C@@H]7CC[C@@H]8[C@@H]2c2cc(O)ccc2[C@@]61[C@H]78)[C@@H]5O[C@H]1[C@H](C(=O)Oc2c(CO)[nH]c5ccc6cc7ccccc7cc6c25)O[C@@](O)([C@H]3O)[C@@]41O. The van der Waals surface area contributed by atoms with Crippen LogP contribution in [0.3, 0.4) is 0 Å². The lowest BCUT2D eigenvalue weighted by Gasteiger charge is -2.69. The molecule has 17 heteroatoms. The van der Waals surface area contributed by atoms with Crippen molar-refractivity contribution in [1.82, 2.24) is 15.6 Å². The maximum atomic E-state index is 16.0. The van der Waals surface area contributed by atoms with Gasteiger partial charge in [-0.15, -0.1) is 0 Å². The van der Waals surface area contributed by atoms with E-state index in [1.54, 1.807) is 10.8 Å². The van der Waals surface area contributed by atoms with E-state index in [0.29, 0.717) is 48.0 Å². The molecule has 8 heterocycles. The van der Waals surface area contributed by atoms with Crippen LogP contribution in [0.2, 0.25) is 0 Å². The maximum absolute atomic E-state index is 16.0. The summed E-state index contributed by atoms with van der Waals surface area (Å²) >= 11 is 0. The molecule has 5 saturated heterocycles. The van der Waals surface area contributed by atoms with E-state index in [4.69, 9.17) is 14.2 Å². The van der Waals surface area contributed by atoms with E-state index in [-0.39, 0.29) is 68.7 Å². The van der Waals surface area contributed by atoms with E-state index < -0.39 is 83.1 Å². The number of rotatable bonds is 10. The van der Waals surface area contributed by atoms with Gasteiger partial charge in [0.2, 0.25) is 5.79 Å². The number of H-pyrrole nitrogens is 1. The maximum Gasteiger partial charge on any atom is 0.343 e. The van der Waals surface area contributed by atoms with Gasteiger partial charge in [-0.3, -0.25) is 0 Å². The largest absolute Gasteiger partial charge is 0.508 e. The molecule has 22 atom stereocenters. The van der Waals surface area contributed by atoms with Crippen molar-refractivity contribution in [1.29, 1.82) is 0 Å². The number of nitrogens with one attached hydrogen (secondary N) is 3. The first kappa shape index (κ1) is 59.9. The summed E-state index contributed by atoms with van der Waals surface area (Å²) in [5.41, 5.74) is 1.41. The Morgan fingerprint density at radius 2 is 1.58 bits per heavy atom. The van der Waals surface area contributed by atoms with Crippen LogP contribution in [0.25, 0.3) is 32.4 Å².